The number of rotatable bonds is 2. The average Bonchev–Trinajstić information content (AvgIpc) is 2.48. The molecule has 2 aromatic rings. The summed E-state index contributed by atoms with van der Waals surface area (Å²) >= 11 is 0. The van der Waals surface area contributed by atoms with Crippen molar-refractivity contribution in [2.45, 2.75) is 18.9 Å². The van der Waals surface area contributed by atoms with E-state index in [-0.39, 0.29) is 11.9 Å². The van der Waals surface area contributed by atoms with Gasteiger partial charge >= 0.3 is 0 Å². The quantitative estimate of drug-likeness (QED) is 0.910. The standard InChI is InChI=1S/C15H17FN4/c16-13-3-1-2-11(8-13)12-9-18-15(19-10-12)20-6-4-14(17)5-7-20/h1-3,8-10,14H,4-7,17H2. The van der Waals surface area contributed by atoms with Crippen LogP contribution in [0.5, 0.6) is 0 Å². The molecule has 0 aliphatic carbocycles. The van der Waals surface area contributed by atoms with E-state index in [1.807, 2.05) is 6.07 Å². The minimum atomic E-state index is -0.253. The van der Waals surface area contributed by atoms with Gasteiger partial charge in [-0.15, -0.1) is 0 Å². The van der Waals surface area contributed by atoms with Crippen LogP contribution in [0.25, 0.3) is 11.1 Å². The summed E-state index contributed by atoms with van der Waals surface area (Å²) in [6.45, 7) is 1.78. The van der Waals surface area contributed by atoms with Crippen LogP contribution in [0.4, 0.5) is 10.3 Å². The van der Waals surface area contributed by atoms with Gasteiger partial charge in [-0.3, -0.25) is 0 Å². The fourth-order valence-electron chi connectivity index (χ4n) is 2.40. The number of hydrogen-bond donors (Lipinski definition) is 1. The highest BCUT2D eigenvalue weighted by Gasteiger charge is 2.18. The van der Waals surface area contributed by atoms with Crippen LogP contribution in [-0.4, -0.2) is 29.1 Å². The summed E-state index contributed by atoms with van der Waals surface area (Å²) in [4.78, 5) is 10.9. The van der Waals surface area contributed by atoms with Crippen molar-refractivity contribution in [3.05, 3.63) is 42.5 Å². The van der Waals surface area contributed by atoms with E-state index < -0.39 is 0 Å². The topological polar surface area (TPSA) is 55.0 Å². The van der Waals surface area contributed by atoms with Gasteiger partial charge in [-0.2, -0.15) is 0 Å². The maximum Gasteiger partial charge on any atom is 0.225 e. The third-order valence-electron chi connectivity index (χ3n) is 3.62. The summed E-state index contributed by atoms with van der Waals surface area (Å²) in [5.41, 5.74) is 7.50. The zero-order valence-electron chi connectivity index (χ0n) is 11.2. The molecule has 0 amide bonds. The second kappa shape index (κ2) is 5.54. The van der Waals surface area contributed by atoms with Crippen molar-refractivity contribution < 1.29 is 4.39 Å². The molecule has 1 aliphatic heterocycles. The summed E-state index contributed by atoms with van der Waals surface area (Å²) in [6.07, 6.45) is 5.42. The number of piperidine rings is 1. The Balaban J connectivity index is 1.78. The van der Waals surface area contributed by atoms with E-state index in [9.17, 15) is 4.39 Å². The van der Waals surface area contributed by atoms with E-state index in [1.54, 1.807) is 18.5 Å². The van der Waals surface area contributed by atoms with E-state index in [4.69, 9.17) is 5.73 Å². The minimum absolute atomic E-state index is 0.253. The maximum atomic E-state index is 13.2. The zero-order chi connectivity index (χ0) is 13.9. The van der Waals surface area contributed by atoms with Crippen molar-refractivity contribution in [2.75, 3.05) is 18.0 Å². The number of aromatic nitrogens is 2. The maximum absolute atomic E-state index is 13.2. The monoisotopic (exact) mass is 272 g/mol. The molecule has 0 atom stereocenters. The largest absolute Gasteiger partial charge is 0.341 e. The first-order chi connectivity index (χ1) is 9.72. The fraction of sp³-hybridized carbons (Fsp3) is 0.333. The van der Waals surface area contributed by atoms with Crippen LogP contribution in [0, 0.1) is 5.82 Å². The fourth-order valence-corrected chi connectivity index (χ4v) is 2.40. The summed E-state index contributed by atoms with van der Waals surface area (Å²) in [6, 6.07) is 6.73. The Hall–Kier alpha value is -2.01. The average molecular weight is 272 g/mol. The molecule has 0 spiro atoms. The number of halogens is 1. The van der Waals surface area contributed by atoms with Crippen molar-refractivity contribution in [1.29, 1.82) is 0 Å². The smallest absolute Gasteiger partial charge is 0.225 e. The molecule has 0 unspecified atom stereocenters. The molecule has 5 heteroatoms. The van der Waals surface area contributed by atoms with Gasteiger partial charge in [0.15, 0.2) is 0 Å². The third-order valence-corrected chi connectivity index (χ3v) is 3.62. The third kappa shape index (κ3) is 2.77. The van der Waals surface area contributed by atoms with Crippen molar-refractivity contribution >= 4 is 5.95 Å². The molecule has 2 heterocycles. The Morgan fingerprint density at radius 2 is 1.80 bits per heavy atom. The lowest BCUT2D eigenvalue weighted by Crippen LogP contribution is -2.40. The molecule has 1 aromatic heterocycles. The van der Waals surface area contributed by atoms with Gasteiger partial charge in [-0.1, -0.05) is 12.1 Å². The van der Waals surface area contributed by atoms with Gasteiger partial charge in [0.2, 0.25) is 5.95 Å². The first kappa shape index (κ1) is 13.0. The molecule has 1 aromatic carbocycles. The predicted octanol–water partition coefficient (Wildman–Crippen LogP) is 2.21. The second-order valence-corrected chi connectivity index (χ2v) is 5.11. The minimum Gasteiger partial charge on any atom is -0.341 e. The van der Waals surface area contributed by atoms with E-state index in [0.717, 1.165) is 43.0 Å². The second-order valence-electron chi connectivity index (χ2n) is 5.11. The molecule has 4 nitrogen and oxygen atoms in total. The zero-order valence-corrected chi connectivity index (χ0v) is 11.2. The molecule has 1 aliphatic rings. The van der Waals surface area contributed by atoms with E-state index in [2.05, 4.69) is 14.9 Å². The molecule has 20 heavy (non-hydrogen) atoms. The van der Waals surface area contributed by atoms with Crippen molar-refractivity contribution in [3.63, 3.8) is 0 Å². The molecule has 104 valence electrons. The Bertz CT molecular complexity index is 577. The number of hydrogen-bond acceptors (Lipinski definition) is 4. The summed E-state index contributed by atoms with van der Waals surface area (Å²) in [7, 11) is 0. The summed E-state index contributed by atoms with van der Waals surface area (Å²) in [5, 5.41) is 0. The molecule has 2 N–H and O–H groups in total. The predicted molar refractivity (Wildman–Crippen MR) is 76.8 cm³/mol. The molecule has 0 saturated carbocycles. The highest BCUT2D eigenvalue weighted by molar-refractivity contribution is 5.62. The lowest BCUT2D eigenvalue weighted by molar-refractivity contribution is 0.495. The van der Waals surface area contributed by atoms with Gasteiger partial charge < -0.3 is 10.6 Å². The van der Waals surface area contributed by atoms with E-state index in [0.29, 0.717) is 0 Å². The first-order valence-corrected chi connectivity index (χ1v) is 6.81. The van der Waals surface area contributed by atoms with Crippen LogP contribution in [-0.2, 0) is 0 Å². The van der Waals surface area contributed by atoms with Crippen LogP contribution in [0.15, 0.2) is 36.7 Å². The Kier molecular flexibility index (Phi) is 3.60. The van der Waals surface area contributed by atoms with Gasteiger partial charge in [0.1, 0.15) is 5.82 Å². The first-order valence-electron chi connectivity index (χ1n) is 6.81. The highest BCUT2D eigenvalue weighted by atomic mass is 19.1. The molecular formula is C15H17FN4. The van der Waals surface area contributed by atoms with Gasteiger partial charge in [-0.25, -0.2) is 14.4 Å². The van der Waals surface area contributed by atoms with Crippen LogP contribution in [0.1, 0.15) is 12.8 Å². The van der Waals surface area contributed by atoms with Crippen molar-refractivity contribution in [3.8, 4) is 11.1 Å². The number of nitrogens with two attached hydrogens (primary N) is 1. The van der Waals surface area contributed by atoms with Crippen LogP contribution >= 0.6 is 0 Å². The van der Waals surface area contributed by atoms with Crippen molar-refractivity contribution in [2.24, 2.45) is 5.73 Å². The summed E-state index contributed by atoms with van der Waals surface area (Å²) < 4.78 is 13.2. The Labute approximate surface area is 117 Å². The number of benzene rings is 1. The van der Waals surface area contributed by atoms with Crippen molar-refractivity contribution in [1.82, 2.24) is 9.97 Å². The molecule has 3 rings (SSSR count). The van der Waals surface area contributed by atoms with Crippen LogP contribution in [0.2, 0.25) is 0 Å². The lowest BCUT2D eigenvalue weighted by Gasteiger charge is -2.30. The number of anilines is 1. The Morgan fingerprint density at radius 1 is 1.10 bits per heavy atom. The van der Waals surface area contributed by atoms with E-state index in [1.165, 1.54) is 12.1 Å². The number of nitrogens with zero attached hydrogens (tertiary/aromatic N) is 3. The van der Waals surface area contributed by atoms with E-state index >= 15 is 0 Å². The molecule has 0 radical (unpaired) electrons. The summed E-state index contributed by atoms with van der Waals surface area (Å²) in [5.74, 6) is 0.466. The van der Waals surface area contributed by atoms with Gasteiger partial charge in [0, 0.05) is 37.1 Å². The van der Waals surface area contributed by atoms with Gasteiger partial charge in [-0.05, 0) is 30.5 Å². The van der Waals surface area contributed by atoms with Gasteiger partial charge in [0.05, 0.1) is 0 Å². The Morgan fingerprint density at radius 3 is 2.45 bits per heavy atom. The van der Waals surface area contributed by atoms with Gasteiger partial charge in [0.25, 0.3) is 0 Å². The van der Waals surface area contributed by atoms with Crippen LogP contribution in [0.3, 0.4) is 0 Å². The SMILES string of the molecule is NC1CCN(c2ncc(-c3cccc(F)c3)cn2)CC1. The molecule has 1 fully saturated rings. The highest BCUT2D eigenvalue weighted by Crippen LogP contribution is 2.21. The molecular weight excluding hydrogens is 255 g/mol. The normalized spacial score (nSPS) is 16.4. The lowest BCUT2D eigenvalue weighted by atomic mass is 10.1. The molecule has 0 bridgehead atoms. The van der Waals surface area contributed by atoms with Crippen LogP contribution < -0.4 is 10.6 Å². The molecule has 1 saturated heterocycles.